The number of rotatable bonds is 13. The summed E-state index contributed by atoms with van der Waals surface area (Å²) in [7, 11) is 0. The third-order valence-corrected chi connectivity index (χ3v) is 8.67. The summed E-state index contributed by atoms with van der Waals surface area (Å²) in [6.07, 6.45) is -10.0. The third-order valence-electron chi connectivity index (χ3n) is 8.67. The fraction of sp³-hybridized carbons (Fsp3) is 0.368. The van der Waals surface area contributed by atoms with Gasteiger partial charge in [-0.2, -0.15) is 8.78 Å². The number of carbonyl (C=O) groups excluding carboxylic acids is 6. The highest BCUT2D eigenvalue weighted by Gasteiger charge is 2.53. The number of hydrogen-bond donors (Lipinski definition) is 1. The zero-order valence-corrected chi connectivity index (χ0v) is 30.9. The Hall–Kier alpha value is -6.15. The molecule has 310 valence electrons. The van der Waals surface area contributed by atoms with Gasteiger partial charge in [-0.15, -0.1) is 0 Å². The van der Waals surface area contributed by atoms with Crippen LogP contribution in [-0.2, 0) is 57.1 Å². The van der Waals surface area contributed by atoms with E-state index in [1.165, 1.54) is 0 Å². The number of halogens is 5. The zero-order chi connectivity index (χ0) is 42.4. The number of fused-ring (bicyclic) bond motifs is 3. The van der Waals surface area contributed by atoms with E-state index in [9.17, 15) is 50.7 Å². The van der Waals surface area contributed by atoms with Crippen LogP contribution in [0.15, 0.2) is 48.5 Å². The van der Waals surface area contributed by atoms with E-state index in [0.29, 0.717) is 0 Å². The molecule has 20 heteroatoms. The standard InChI is InChI=1S/C38H34F5NO14/c1-16(45)51-15-26-32(54-17(2)46)34(55-18(3)47)35(56-19(4)48)37(57-26)52-14-25(36(49)58-33-30(42)28(40)27(39)29(41)31(33)43)44-38(50)53-13-24-22-11-7-5-9-20(22)21-10-6-8-12-23(21)24/h5-12,24-26,32,34-35,37H,13-15H2,1-4H3,(H,44,50)/t25-,26+,32-,34-,35+,37+/m0/s1. The molecule has 0 saturated carbocycles. The summed E-state index contributed by atoms with van der Waals surface area (Å²) in [4.78, 5) is 74.9. The Bertz CT molecular complexity index is 2030. The predicted molar refractivity (Wildman–Crippen MR) is 182 cm³/mol. The van der Waals surface area contributed by atoms with Crippen molar-refractivity contribution in [2.45, 2.75) is 70.4 Å². The first-order chi connectivity index (χ1) is 27.5. The Balaban J connectivity index is 1.44. The number of amides is 1. The lowest BCUT2D eigenvalue weighted by atomic mass is 9.98. The molecule has 1 saturated heterocycles. The maximum atomic E-state index is 14.6. The highest BCUT2D eigenvalue weighted by molar-refractivity contribution is 5.83. The summed E-state index contributed by atoms with van der Waals surface area (Å²) < 4.78 is 113. The number of nitrogens with one attached hydrogen (secondary N) is 1. The van der Waals surface area contributed by atoms with Crippen LogP contribution in [0.1, 0.15) is 44.7 Å². The van der Waals surface area contributed by atoms with Gasteiger partial charge in [0.05, 0.1) is 6.61 Å². The topological polar surface area (TPSA) is 188 Å². The molecule has 1 amide bonds. The van der Waals surface area contributed by atoms with Crippen molar-refractivity contribution in [1.29, 1.82) is 0 Å². The van der Waals surface area contributed by atoms with Gasteiger partial charge in [-0.25, -0.2) is 22.8 Å². The molecular formula is C38H34F5NO14. The molecule has 3 aromatic carbocycles. The van der Waals surface area contributed by atoms with E-state index >= 15 is 0 Å². The van der Waals surface area contributed by atoms with Gasteiger partial charge in [-0.1, -0.05) is 48.5 Å². The summed E-state index contributed by atoms with van der Waals surface area (Å²) in [6, 6.07) is 12.3. The minimum absolute atomic E-state index is 0.320. The average Bonchev–Trinajstić information content (AvgIpc) is 3.49. The smallest absolute Gasteiger partial charge is 0.407 e. The van der Waals surface area contributed by atoms with Crippen LogP contribution < -0.4 is 10.1 Å². The Morgan fingerprint density at radius 3 is 1.67 bits per heavy atom. The average molecular weight is 824 g/mol. The maximum absolute atomic E-state index is 14.6. The Kier molecular flexibility index (Phi) is 13.6. The molecule has 1 aliphatic heterocycles. The van der Waals surface area contributed by atoms with Crippen LogP contribution in [0.3, 0.4) is 0 Å². The normalized spacial score (nSPS) is 20.1. The van der Waals surface area contributed by atoms with Crippen LogP contribution in [0.25, 0.3) is 11.1 Å². The van der Waals surface area contributed by atoms with Crippen LogP contribution in [0.4, 0.5) is 26.7 Å². The first-order valence-electron chi connectivity index (χ1n) is 17.2. The monoisotopic (exact) mass is 823 g/mol. The second-order valence-corrected chi connectivity index (χ2v) is 12.7. The van der Waals surface area contributed by atoms with Crippen LogP contribution >= 0.6 is 0 Å². The molecule has 1 aliphatic carbocycles. The van der Waals surface area contributed by atoms with Crippen molar-refractivity contribution < 1.29 is 88.6 Å². The summed E-state index contributed by atoms with van der Waals surface area (Å²) in [6.45, 7) is 1.72. The summed E-state index contributed by atoms with van der Waals surface area (Å²) >= 11 is 0. The molecule has 0 bridgehead atoms. The van der Waals surface area contributed by atoms with E-state index in [4.69, 9.17) is 33.2 Å². The molecule has 0 radical (unpaired) electrons. The number of esters is 5. The molecule has 1 N–H and O–H groups in total. The zero-order valence-electron chi connectivity index (χ0n) is 30.9. The molecule has 15 nitrogen and oxygen atoms in total. The van der Waals surface area contributed by atoms with E-state index < -0.39 is 127 Å². The maximum Gasteiger partial charge on any atom is 0.407 e. The van der Waals surface area contributed by atoms with Crippen molar-refractivity contribution in [2.24, 2.45) is 0 Å². The molecule has 6 atom stereocenters. The number of alkyl carbamates (subject to hydrolysis) is 1. The van der Waals surface area contributed by atoms with Gasteiger partial charge in [0.2, 0.25) is 34.8 Å². The molecule has 3 aromatic rings. The van der Waals surface area contributed by atoms with E-state index in [-0.39, 0.29) is 6.61 Å². The quantitative estimate of drug-likeness (QED) is 0.0642. The van der Waals surface area contributed by atoms with Crippen molar-refractivity contribution in [3.05, 3.63) is 88.7 Å². The van der Waals surface area contributed by atoms with Crippen LogP contribution in [0.5, 0.6) is 5.75 Å². The number of hydrogen-bond acceptors (Lipinski definition) is 14. The van der Waals surface area contributed by atoms with E-state index in [1.807, 2.05) is 36.4 Å². The molecular weight excluding hydrogens is 789 g/mol. The second-order valence-electron chi connectivity index (χ2n) is 12.7. The van der Waals surface area contributed by atoms with E-state index in [1.54, 1.807) is 12.1 Å². The van der Waals surface area contributed by atoms with Crippen molar-refractivity contribution in [2.75, 3.05) is 19.8 Å². The minimum Gasteiger partial charge on any atom is -0.463 e. The fourth-order valence-electron chi connectivity index (χ4n) is 6.31. The van der Waals surface area contributed by atoms with E-state index in [0.717, 1.165) is 49.9 Å². The third kappa shape index (κ3) is 9.68. The lowest BCUT2D eigenvalue weighted by molar-refractivity contribution is -0.308. The number of ether oxygens (including phenoxy) is 8. The molecule has 2 aliphatic rings. The van der Waals surface area contributed by atoms with Gasteiger partial charge in [0.15, 0.2) is 30.6 Å². The predicted octanol–water partition coefficient (Wildman–Crippen LogP) is 4.29. The number of carbonyl (C=O) groups is 6. The highest BCUT2D eigenvalue weighted by Crippen LogP contribution is 2.44. The molecule has 0 unspecified atom stereocenters. The lowest BCUT2D eigenvalue weighted by Gasteiger charge is -2.44. The molecule has 0 aromatic heterocycles. The number of benzene rings is 3. The van der Waals surface area contributed by atoms with Crippen LogP contribution in [0, 0.1) is 29.1 Å². The molecule has 1 fully saturated rings. The van der Waals surface area contributed by atoms with Crippen molar-refractivity contribution in [3.8, 4) is 16.9 Å². The SMILES string of the molecule is CC(=O)OC[C@H]1O[C@@H](OC[C@H](NC(=O)OCC2c3ccccc3-c3ccccc32)C(=O)Oc2c(F)c(F)c(F)c(F)c2F)[C@H](OC(C)=O)[C@@H](OC(C)=O)[C@H]1OC(C)=O. The van der Waals surface area contributed by atoms with Gasteiger partial charge in [0.25, 0.3) is 0 Å². The second kappa shape index (κ2) is 18.4. The molecule has 1 heterocycles. The largest absolute Gasteiger partial charge is 0.463 e. The summed E-state index contributed by atoms with van der Waals surface area (Å²) in [5.41, 5.74) is 3.33. The first kappa shape index (κ1) is 43.0. The van der Waals surface area contributed by atoms with Gasteiger partial charge < -0.3 is 43.2 Å². The summed E-state index contributed by atoms with van der Waals surface area (Å²) in [5.74, 6) is -20.7. The van der Waals surface area contributed by atoms with Gasteiger partial charge in [-0.3, -0.25) is 19.2 Å². The van der Waals surface area contributed by atoms with Crippen molar-refractivity contribution >= 4 is 35.9 Å². The van der Waals surface area contributed by atoms with Crippen molar-refractivity contribution in [3.63, 3.8) is 0 Å². The molecule has 0 spiro atoms. The van der Waals surface area contributed by atoms with Gasteiger partial charge >= 0.3 is 35.9 Å². The van der Waals surface area contributed by atoms with Gasteiger partial charge in [0, 0.05) is 33.6 Å². The first-order valence-corrected chi connectivity index (χ1v) is 17.2. The lowest BCUT2D eigenvalue weighted by Crippen LogP contribution is -2.63. The van der Waals surface area contributed by atoms with Crippen LogP contribution in [0.2, 0.25) is 0 Å². The van der Waals surface area contributed by atoms with Crippen LogP contribution in [-0.4, -0.2) is 92.5 Å². The van der Waals surface area contributed by atoms with Gasteiger partial charge in [-0.05, 0) is 22.3 Å². The Morgan fingerprint density at radius 2 is 1.14 bits per heavy atom. The van der Waals surface area contributed by atoms with E-state index in [2.05, 4.69) is 10.1 Å². The molecule has 58 heavy (non-hydrogen) atoms. The fourth-order valence-corrected chi connectivity index (χ4v) is 6.31. The Morgan fingerprint density at radius 1 is 0.638 bits per heavy atom. The van der Waals surface area contributed by atoms with Crippen molar-refractivity contribution in [1.82, 2.24) is 5.32 Å². The molecule has 5 rings (SSSR count). The Labute approximate surface area is 325 Å². The summed E-state index contributed by atoms with van der Waals surface area (Å²) in [5, 5.41) is 2.06. The highest BCUT2D eigenvalue weighted by atomic mass is 19.2. The van der Waals surface area contributed by atoms with Gasteiger partial charge in [0.1, 0.15) is 19.3 Å². The minimum atomic E-state index is -2.55.